The molecule has 0 aliphatic carbocycles. The van der Waals surface area contributed by atoms with E-state index in [2.05, 4.69) is 90.1 Å². The van der Waals surface area contributed by atoms with Gasteiger partial charge in [-0.1, -0.05) is 116 Å². The van der Waals surface area contributed by atoms with Crippen molar-refractivity contribution in [3.05, 3.63) is 70.8 Å². The van der Waals surface area contributed by atoms with Crippen molar-refractivity contribution < 1.29 is 0 Å². The van der Waals surface area contributed by atoms with Crippen molar-refractivity contribution in [3.8, 4) is 0 Å². The molecule has 2 rings (SSSR count). The highest BCUT2D eigenvalue weighted by Gasteiger charge is 2.25. The molecule has 0 atom stereocenters. The minimum atomic E-state index is 0.0410. The summed E-state index contributed by atoms with van der Waals surface area (Å²) in [6.45, 7) is 14.2. The van der Waals surface area contributed by atoms with E-state index < -0.39 is 0 Å². The summed E-state index contributed by atoms with van der Waals surface area (Å²) in [5.41, 5.74) is 6.35. The quantitative estimate of drug-likeness (QED) is 0.174. The van der Waals surface area contributed by atoms with E-state index in [9.17, 15) is 0 Å². The molecule has 35 heavy (non-hydrogen) atoms. The van der Waals surface area contributed by atoms with E-state index in [1.807, 2.05) is 0 Å². The first-order chi connectivity index (χ1) is 17.0. The number of benzene rings is 2. The molecule has 0 bridgehead atoms. The Morgan fingerprint density at radius 2 is 1.00 bits per heavy atom. The predicted octanol–water partition coefficient (Wildman–Crippen LogP) is 11.2. The van der Waals surface area contributed by atoms with E-state index in [0.717, 1.165) is 0 Å². The zero-order chi connectivity index (χ0) is 25.5. The van der Waals surface area contributed by atoms with Crippen LogP contribution in [0.3, 0.4) is 0 Å². The summed E-state index contributed by atoms with van der Waals surface area (Å²) in [6, 6.07) is 18.8. The second kappa shape index (κ2) is 16.9. The largest absolute Gasteiger partial charge is 0.102 e. The Bertz CT molecular complexity index is 795. The van der Waals surface area contributed by atoms with Gasteiger partial charge in [-0.3, -0.25) is 0 Å². The first kappa shape index (κ1) is 30.5. The molecule has 0 amide bonds. The van der Waals surface area contributed by atoms with Crippen molar-refractivity contribution >= 4 is 15.8 Å². The Morgan fingerprint density at radius 1 is 0.543 bits per heavy atom. The predicted molar refractivity (Wildman–Crippen MR) is 165 cm³/mol. The fraction of sp³-hybridized carbons (Fsp3) is 0.636. The molecule has 2 aromatic rings. The van der Waals surface area contributed by atoms with Gasteiger partial charge >= 0.3 is 0 Å². The van der Waals surface area contributed by atoms with Crippen LogP contribution < -0.4 is 0 Å². The number of hydrogen-bond donors (Lipinski definition) is 0. The molecule has 196 valence electrons. The molecule has 0 aliphatic heterocycles. The van der Waals surface area contributed by atoms with Crippen molar-refractivity contribution in [2.24, 2.45) is 0 Å². The first-order valence-electron chi connectivity index (χ1n) is 14.6. The third-order valence-electron chi connectivity index (χ3n) is 7.52. The molecular formula is C33H54P2. The molecule has 0 radical (unpaired) electrons. The Balaban J connectivity index is 2.41. The van der Waals surface area contributed by atoms with Crippen molar-refractivity contribution in [2.45, 2.75) is 111 Å². The summed E-state index contributed by atoms with van der Waals surface area (Å²) in [5, 5.41) is 0. The van der Waals surface area contributed by atoms with E-state index in [-0.39, 0.29) is 21.3 Å². The summed E-state index contributed by atoms with van der Waals surface area (Å²) < 4.78 is 0. The Kier molecular flexibility index (Phi) is 14.8. The number of rotatable bonds is 18. The van der Waals surface area contributed by atoms with Crippen LogP contribution in [-0.2, 0) is 17.7 Å². The fourth-order valence-electron chi connectivity index (χ4n) is 4.89. The van der Waals surface area contributed by atoms with Gasteiger partial charge in [0, 0.05) is 5.41 Å². The third-order valence-corrected chi connectivity index (χ3v) is 12.9. The topological polar surface area (TPSA) is 0 Å². The zero-order valence-corrected chi connectivity index (χ0v) is 25.7. The van der Waals surface area contributed by atoms with Gasteiger partial charge < -0.3 is 0 Å². The van der Waals surface area contributed by atoms with Gasteiger partial charge in [-0.15, -0.1) is 15.8 Å². The molecule has 0 saturated carbocycles. The second-order valence-electron chi connectivity index (χ2n) is 10.9. The van der Waals surface area contributed by atoms with Gasteiger partial charge in [0.05, 0.1) is 0 Å². The summed E-state index contributed by atoms with van der Waals surface area (Å²) >= 11 is 0. The third kappa shape index (κ3) is 10.3. The van der Waals surface area contributed by atoms with Crippen molar-refractivity contribution in [1.82, 2.24) is 0 Å². The maximum absolute atomic E-state index is 2.64. The van der Waals surface area contributed by atoms with Crippen LogP contribution in [0.25, 0.3) is 0 Å². The summed E-state index contributed by atoms with van der Waals surface area (Å²) in [6.07, 6.45) is 19.5. The molecular weight excluding hydrogens is 458 g/mol. The minimum absolute atomic E-state index is 0.0410. The number of unbranched alkanes of at least 4 members (excludes halogenated alkanes) is 4. The van der Waals surface area contributed by atoms with Crippen LogP contribution in [0.1, 0.15) is 115 Å². The van der Waals surface area contributed by atoms with E-state index in [0.29, 0.717) is 0 Å². The molecule has 0 nitrogen and oxygen atoms in total. The van der Waals surface area contributed by atoms with Crippen LogP contribution in [-0.4, -0.2) is 24.6 Å². The van der Waals surface area contributed by atoms with Gasteiger partial charge in [0.2, 0.25) is 0 Å². The average molecular weight is 513 g/mol. The molecule has 0 spiro atoms. The molecule has 2 heteroatoms. The van der Waals surface area contributed by atoms with Gasteiger partial charge in [-0.25, -0.2) is 0 Å². The maximum Gasteiger partial charge on any atom is 0.0146 e. The molecule has 0 fully saturated rings. The standard InChI is InChI=1S/C33H54P2/c1-7-11-22-34(23-12-8-2)27-29-20-21-32(33(5,6)31-18-16-15-17-19-31)26-30(29)28-35(24-13-9-3)25-14-10-4/h15-21,26H,7-14,22-25,27-28H2,1-6H3. The van der Waals surface area contributed by atoms with Gasteiger partial charge in [-0.2, -0.15) is 0 Å². The van der Waals surface area contributed by atoms with Crippen LogP contribution >= 0.6 is 15.8 Å². The molecule has 0 unspecified atom stereocenters. The molecule has 0 aliphatic rings. The fourth-order valence-corrected chi connectivity index (χ4v) is 10.6. The average Bonchev–Trinajstić information content (AvgIpc) is 2.88. The molecule has 2 aromatic carbocycles. The van der Waals surface area contributed by atoms with Gasteiger partial charge in [0.1, 0.15) is 0 Å². The van der Waals surface area contributed by atoms with Crippen molar-refractivity contribution in [1.29, 1.82) is 0 Å². The summed E-state index contributed by atoms with van der Waals surface area (Å²) in [7, 11) is 0.207. The maximum atomic E-state index is 2.64. The monoisotopic (exact) mass is 512 g/mol. The van der Waals surface area contributed by atoms with E-state index in [4.69, 9.17) is 0 Å². The highest BCUT2D eigenvalue weighted by molar-refractivity contribution is 7.57. The lowest BCUT2D eigenvalue weighted by atomic mass is 9.77. The zero-order valence-electron chi connectivity index (χ0n) is 23.9. The van der Waals surface area contributed by atoms with Crippen LogP contribution in [0.5, 0.6) is 0 Å². The summed E-state index contributed by atoms with van der Waals surface area (Å²) in [4.78, 5) is 0. The molecule has 0 saturated heterocycles. The van der Waals surface area contributed by atoms with E-state index in [1.165, 1.54) is 99.5 Å². The van der Waals surface area contributed by atoms with Crippen LogP contribution in [0, 0.1) is 0 Å². The summed E-state index contributed by atoms with van der Waals surface area (Å²) in [5.74, 6) is 0. The first-order valence-corrected chi connectivity index (χ1v) is 18.4. The van der Waals surface area contributed by atoms with Gasteiger partial charge in [0.25, 0.3) is 0 Å². The number of hydrogen-bond acceptors (Lipinski definition) is 0. The van der Waals surface area contributed by atoms with Crippen LogP contribution in [0.2, 0.25) is 0 Å². The van der Waals surface area contributed by atoms with E-state index in [1.54, 1.807) is 11.1 Å². The molecule has 0 heterocycles. The van der Waals surface area contributed by atoms with Crippen molar-refractivity contribution in [3.63, 3.8) is 0 Å². The highest BCUT2D eigenvalue weighted by Crippen LogP contribution is 2.47. The van der Waals surface area contributed by atoms with Crippen LogP contribution in [0.15, 0.2) is 48.5 Å². The highest BCUT2D eigenvalue weighted by atomic mass is 31.1. The Hall–Kier alpha value is -0.700. The Labute approximate surface area is 221 Å². The normalized spacial score (nSPS) is 12.1. The lowest BCUT2D eigenvalue weighted by Crippen LogP contribution is -2.19. The minimum Gasteiger partial charge on any atom is -0.102 e. The second-order valence-corrected chi connectivity index (χ2v) is 16.0. The molecule has 0 N–H and O–H groups in total. The van der Waals surface area contributed by atoms with Crippen LogP contribution in [0.4, 0.5) is 0 Å². The van der Waals surface area contributed by atoms with Gasteiger partial charge in [0.15, 0.2) is 0 Å². The molecule has 0 aromatic heterocycles. The van der Waals surface area contributed by atoms with Crippen molar-refractivity contribution in [2.75, 3.05) is 24.6 Å². The Morgan fingerprint density at radius 3 is 1.46 bits per heavy atom. The van der Waals surface area contributed by atoms with Gasteiger partial charge in [-0.05, 0) is 84.9 Å². The lowest BCUT2D eigenvalue weighted by Gasteiger charge is -2.29. The lowest BCUT2D eigenvalue weighted by molar-refractivity contribution is 0.639. The smallest absolute Gasteiger partial charge is 0.0146 e. The van der Waals surface area contributed by atoms with E-state index >= 15 is 0 Å². The SMILES string of the molecule is CCCCP(CCCC)Cc1ccc(C(C)(C)c2ccccc2)cc1CP(CCCC)CCCC.